The first-order chi connectivity index (χ1) is 16.5. The third-order valence-corrected chi connectivity index (χ3v) is 7.65. The molecule has 1 N–H and O–H groups in total. The Balaban J connectivity index is 1.38. The molecule has 2 aliphatic heterocycles. The number of amides is 1. The predicted molar refractivity (Wildman–Crippen MR) is 131 cm³/mol. The molecule has 2 aromatic heterocycles. The van der Waals surface area contributed by atoms with Gasteiger partial charge in [-0.05, 0) is 69.5 Å². The van der Waals surface area contributed by atoms with E-state index in [0.29, 0.717) is 17.6 Å². The van der Waals surface area contributed by atoms with Gasteiger partial charge in [-0.25, -0.2) is 4.98 Å². The zero-order valence-electron chi connectivity index (χ0n) is 18.7. The van der Waals surface area contributed by atoms with Gasteiger partial charge in [0.05, 0.1) is 28.5 Å². The number of fused-ring (bicyclic) bond motifs is 1. The molecule has 8 nitrogen and oxygen atoms in total. The second-order valence-corrected chi connectivity index (χ2v) is 9.65. The van der Waals surface area contributed by atoms with Gasteiger partial charge in [-0.3, -0.25) is 14.4 Å². The minimum atomic E-state index is -0.657. The number of pyridine rings is 1. The maximum absolute atomic E-state index is 13.7. The summed E-state index contributed by atoms with van der Waals surface area (Å²) < 4.78 is 2.09. The fourth-order valence-corrected chi connectivity index (χ4v) is 5.64. The van der Waals surface area contributed by atoms with Gasteiger partial charge in [-0.1, -0.05) is 18.2 Å². The van der Waals surface area contributed by atoms with Crippen LogP contribution < -0.4 is 15.1 Å². The highest BCUT2D eigenvalue weighted by atomic mass is 35.5. The van der Waals surface area contributed by atoms with Crippen molar-refractivity contribution >= 4 is 39.8 Å². The lowest BCUT2D eigenvalue weighted by molar-refractivity contribution is -0.123. The van der Waals surface area contributed by atoms with E-state index in [9.17, 15) is 4.79 Å². The second kappa shape index (κ2) is 7.83. The van der Waals surface area contributed by atoms with Gasteiger partial charge in [0.25, 0.3) is 5.91 Å². The summed E-state index contributed by atoms with van der Waals surface area (Å²) in [5.41, 5.74) is 1.86. The van der Waals surface area contributed by atoms with Crippen LogP contribution in [0.4, 0.5) is 11.4 Å². The highest BCUT2D eigenvalue weighted by molar-refractivity contribution is 6.32. The van der Waals surface area contributed by atoms with Gasteiger partial charge in [0, 0.05) is 17.3 Å². The van der Waals surface area contributed by atoms with Crippen molar-refractivity contribution in [2.24, 2.45) is 0 Å². The molecule has 3 aromatic rings. The van der Waals surface area contributed by atoms with Crippen LogP contribution in [-0.2, 0) is 4.79 Å². The number of aromatic nitrogens is 3. The number of nitrogens with one attached hydrogen (secondary N) is 1. The lowest BCUT2D eigenvalue weighted by Crippen LogP contribution is -2.54. The van der Waals surface area contributed by atoms with Crippen LogP contribution in [0.25, 0.3) is 10.9 Å². The molecule has 34 heavy (non-hydrogen) atoms. The summed E-state index contributed by atoms with van der Waals surface area (Å²) >= 11 is 6.23. The van der Waals surface area contributed by atoms with Crippen molar-refractivity contribution < 1.29 is 4.79 Å². The van der Waals surface area contributed by atoms with Crippen LogP contribution in [0, 0.1) is 11.3 Å². The Morgan fingerprint density at radius 2 is 2.00 bits per heavy atom. The molecule has 1 saturated carbocycles. The average Bonchev–Trinajstić information content (AvgIpc) is 3.35. The molecular weight excluding hydrogens is 450 g/mol. The molecule has 0 radical (unpaired) electrons. The summed E-state index contributed by atoms with van der Waals surface area (Å²) in [6, 6.07) is 10.1. The molecule has 172 valence electrons. The predicted octanol–water partition coefficient (Wildman–Crippen LogP) is 4.13. The fraction of sp³-hybridized carbons (Fsp3) is 0.360. The minimum absolute atomic E-state index is 0.0307. The first-order valence-corrected chi connectivity index (χ1v) is 12.0. The van der Waals surface area contributed by atoms with Crippen molar-refractivity contribution in [3.8, 4) is 6.07 Å². The number of benzene rings is 1. The summed E-state index contributed by atoms with van der Waals surface area (Å²) in [7, 11) is 0. The van der Waals surface area contributed by atoms with Crippen LogP contribution in [0.3, 0.4) is 0 Å². The first-order valence-electron chi connectivity index (χ1n) is 11.6. The molecule has 9 heteroatoms. The Kier molecular flexibility index (Phi) is 4.87. The molecular formula is C25H24ClN7O. The van der Waals surface area contributed by atoms with Crippen molar-refractivity contribution in [2.45, 2.75) is 43.7 Å². The third-order valence-electron chi connectivity index (χ3n) is 7.36. The summed E-state index contributed by atoms with van der Waals surface area (Å²) in [5.74, 6) is 0.536. The summed E-state index contributed by atoms with van der Waals surface area (Å²) in [5, 5.41) is 18.6. The number of piperidine rings is 1. The third kappa shape index (κ3) is 3.04. The number of hydrogen-bond acceptors (Lipinski definition) is 6. The van der Waals surface area contributed by atoms with E-state index in [2.05, 4.69) is 38.7 Å². The van der Waals surface area contributed by atoms with Gasteiger partial charge in [-0.15, -0.1) is 0 Å². The normalized spacial score (nSPS) is 20.2. The van der Waals surface area contributed by atoms with Crippen LogP contribution in [0.5, 0.6) is 0 Å². The van der Waals surface area contributed by atoms with Gasteiger partial charge in [-0.2, -0.15) is 10.4 Å². The highest BCUT2D eigenvalue weighted by Gasteiger charge is 2.58. The molecule has 0 unspecified atom stereocenters. The van der Waals surface area contributed by atoms with Gasteiger partial charge < -0.3 is 10.2 Å². The number of nitrogens with zero attached hydrogens (tertiary/aromatic N) is 6. The molecule has 1 aliphatic carbocycles. The van der Waals surface area contributed by atoms with Crippen LogP contribution in [0.15, 0.2) is 49.1 Å². The molecule has 3 fully saturated rings. The van der Waals surface area contributed by atoms with Crippen LogP contribution >= 0.6 is 11.6 Å². The molecule has 0 atom stereocenters. The summed E-state index contributed by atoms with van der Waals surface area (Å²) in [6.45, 7) is 6.31. The number of carbonyl (C=O) groups excluding carboxylic acids is 1. The molecule has 6 rings (SSSR count). The lowest BCUT2D eigenvalue weighted by atomic mass is 9.75. The van der Waals surface area contributed by atoms with E-state index in [0.717, 1.165) is 61.8 Å². The molecule has 4 heterocycles. The number of hydrogen-bond donors (Lipinski definition) is 1. The number of carbonyl (C=O) groups is 1. The van der Waals surface area contributed by atoms with Crippen LogP contribution in [0.1, 0.15) is 43.8 Å². The van der Waals surface area contributed by atoms with Gasteiger partial charge in [0.1, 0.15) is 17.4 Å². The zero-order chi connectivity index (χ0) is 23.4. The maximum atomic E-state index is 13.7. The SMILES string of the molecule is C=C1N(c2cnc(C#N)c(Cl)c2)C(=O)C2(CCC2)N1c1ccc2nn(C3CCNCC3)cc2c1. The van der Waals surface area contributed by atoms with Crippen molar-refractivity contribution in [3.63, 3.8) is 0 Å². The number of rotatable bonds is 3. The zero-order valence-corrected chi connectivity index (χ0v) is 19.4. The largest absolute Gasteiger partial charge is 0.317 e. The number of nitriles is 1. The van der Waals surface area contributed by atoms with Crippen LogP contribution in [-0.4, -0.2) is 39.3 Å². The van der Waals surface area contributed by atoms with E-state index in [-0.39, 0.29) is 16.6 Å². The molecule has 1 aromatic carbocycles. The molecule has 1 spiro atoms. The van der Waals surface area contributed by atoms with Crippen molar-refractivity contribution in [3.05, 3.63) is 59.8 Å². The Labute approximate surface area is 202 Å². The number of halogens is 1. The molecule has 0 bridgehead atoms. The summed E-state index contributed by atoms with van der Waals surface area (Å²) in [6.07, 6.45) is 8.25. The monoisotopic (exact) mass is 473 g/mol. The Morgan fingerprint density at radius 3 is 2.68 bits per heavy atom. The fourth-order valence-electron chi connectivity index (χ4n) is 5.44. The van der Waals surface area contributed by atoms with Crippen molar-refractivity contribution in [1.29, 1.82) is 5.26 Å². The Bertz CT molecular complexity index is 1360. The first kappa shape index (κ1) is 21.1. The molecule has 1 amide bonds. The van der Waals surface area contributed by atoms with E-state index < -0.39 is 5.54 Å². The van der Waals surface area contributed by atoms with E-state index in [1.165, 1.54) is 6.20 Å². The van der Waals surface area contributed by atoms with Crippen molar-refractivity contribution in [1.82, 2.24) is 20.1 Å². The standard InChI is InChI=1S/C25H24ClN7O/c1-16-32(20-12-21(26)23(13-27)29-14-20)24(34)25(7-2-8-25)33(16)19-3-4-22-17(11-19)15-31(30-22)18-5-9-28-10-6-18/h3-4,11-12,14-15,18,28H,1-2,5-10H2. The minimum Gasteiger partial charge on any atom is -0.317 e. The Morgan fingerprint density at radius 1 is 1.21 bits per heavy atom. The van der Waals surface area contributed by atoms with E-state index >= 15 is 0 Å². The average molecular weight is 474 g/mol. The van der Waals surface area contributed by atoms with Crippen molar-refractivity contribution in [2.75, 3.05) is 22.9 Å². The molecule has 3 aliphatic rings. The van der Waals surface area contributed by atoms with E-state index in [1.807, 2.05) is 18.2 Å². The molecule has 2 saturated heterocycles. The van der Waals surface area contributed by atoms with E-state index in [4.69, 9.17) is 22.0 Å². The van der Waals surface area contributed by atoms with Crippen LogP contribution in [0.2, 0.25) is 5.02 Å². The van der Waals surface area contributed by atoms with Gasteiger partial charge in [0.15, 0.2) is 5.69 Å². The lowest BCUT2D eigenvalue weighted by Gasteiger charge is -2.43. The number of anilines is 2. The van der Waals surface area contributed by atoms with Gasteiger partial charge in [0.2, 0.25) is 0 Å². The second-order valence-electron chi connectivity index (χ2n) is 9.25. The quantitative estimate of drug-likeness (QED) is 0.615. The topological polar surface area (TPSA) is 90.1 Å². The van der Waals surface area contributed by atoms with E-state index in [1.54, 1.807) is 11.0 Å². The highest BCUT2D eigenvalue weighted by Crippen LogP contribution is 2.50. The Hall–Kier alpha value is -3.41. The smallest absolute Gasteiger partial charge is 0.259 e. The summed E-state index contributed by atoms with van der Waals surface area (Å²) in [4.78, 5) is 21.5. The maximum Gasteiger partial charge on any atom is 0.259 e. The van der Waals surface area contributed by atoms with Gasteiger partial charge >= 0.3 is 0 Å².